The average Bonchev–Trinajstić information content (AvgIpc) is 2.63. The van der Waals surface area contributed by atoms with Gasteiger partial charge < -0.3 is 10.4 Å². The maximum absolute atomic E-state index is 12.5. The highest BCUT2D eigenvalue weighted by atomic mass is 35.5. The molecule has 0 saturated heterocycles. The molecule has 2 rings (SSSR count). The van der Waals surface area contributed by atoms with E-state index in [0.29, 0.717) is 23.0 Å². The van der Waals surface area contributed by atoms with Gasteiger partial charge in [-0.25, -0.2) is 0 Å². The molecule has 2 unspecified atom stereocenters. The maximum atomic E-state index is 12.5. The first-order valence-electron chi connectivity index (χ1n) is 7.73. The minimum atomic E-state index is -0.178. The Balaban J connectivity index is 2.14. The van der Waals surface area contributed by atoms with Gasteiger partial charge in [-0.3, -0.25) is 9.48 Å². The van der Waals surface area contributed by atoms with Gasteiger partial charge in [0.15, 0.2) is 0 Å². The first-order chi connectivity index (χ1) is 10.1. The molecule has 1 heterocycles. The molecule has 0 bridgehead atoms. The third kappa shape index (κ3) is 3.58. The van der Waals surface area contributed by atoms with Crippen LogP contribution in [0.5, 0.6) is 0 Å². The van der Waals surface area contributed by atoms with Crippen molar-refractivity contribution >= 4 is 17.5 Å². The SMILES string of the molecule is CCn1nc(C)c(C(=O)NC2CCCCCC2CO)c1Cl. The molecule has 1 fully saturated rings. The number of aliphatic hydroxyl groups is 1. The van der Waals surface area contributed by atoms with Crippen LogP contribution in [0, 0.1) is 12.8 Å². The molecule has 1 aromatic heterocycles. The third-order valence-corrected chi connectivity index (χ3v) is 4.69. The zero-order chi connectivity index (χ0) is 15.4. The highest BCUT2D eigenvalue weighted by molar-refractivity contribution is 6.33. The van der Waals surface area contributed by atoms with Gasteiger partial charge in [-0.15, -0.1) is 0 Å². The van der Waals surface area contributed by atoms with E-state index in [1.165, 1.54) is 0 Å². The number of halogens is 1. The molecular weight excluding hydrogens is 290 g/mol. The molecule has 2 atom stereocenters. The molecule has 0 spiro atoms. The van der Waals surface area contributed by atoms with E-state index in [1.54, 1.807) is 11.6 Å². The Bertz CT molecular complexity index is 501. The second kappa shape index (κ2) is 7.27. The van der Waals surface area contributed by atoms with E-state index in [0.717, 1.165) is 32.1 Å². The minimum absolute atomic E-state index is 0.0189. The molecule has 6 heteroatoms. The van der Waals surface area contributed by atoms with Crippen molar-refractivity contribution in [2.45, 2.75) is 58.5 Å². The number of nitrogens with one attached hydrogen (secondary N) is 1. The maximum Gasteiger partial charge on any atom is 0.256 e. The van der Waals surface area contributed by atoms with E-state index in [-0.39, 0.29) is 24.5 Å². The van der Waals surface area contributed by atoms with Crippen LogP contribution in [0.25, 0.3) is 0 Å². The lowest BCUT2D eigenvalue weighted by atomic mass is 9.95. The van der Waals surface area contributed by atoms with Crippen molar-refractivity contribution < 1.29 is 9.90 Å². The zero-order valence-corrected chi connectivity index (χ0v) is 13.5. The molecule has 5 nitrogen and oxygen atoms in total. The molecule has 0 aromatic carbocycles. The van der Waals surface area contributed by atoms with Crippen molar-refractivity contribution in [3.8, 4) is 0 Å². The van der Waals surface area contributed by atoms with Gasteiger partial charge in [-0.05, 0) is 26.7 Å². The summed E-state index contributed by atoms with van der Waals surface area (Å²) in [5.74, 6) is -0.0423. The summed E-state index contributed by atoms with van der Waals surface area (Å²) >= 11 is 6.24. The quantitative estimate of drug-likeness (QED) is 0.839. The molecule has 1 aliphatic rings. The molecule has 0 aliphatic heterocycles. The second-order valence-corrected chi connectivity index (χ2v) is 6.09. The summed E-state index contributed by atoms with van der Waals surface area (Å²) in [5.41, 5.74) is 1.10. The van der Waals surface area contributed by atoms with Gasteiger partial charge in [-0.2, -0.15) is 5.10 Å². The molecule has 118 valence electrons. The van der Waals surface area contributed by atoms with E-state index in [9.17, 15) is 9.90 Å². The number of rotatable bonds is 4. The molecule has 21 heavy (non-hydrogen) atoms. The molecular formula is C15H24ClN3O2. The van der Waals surface area contributed by atoms with E-state index in [2.05, 4.69) is 10.4 Å². The number of aromatic nitrogens is 2. The Labute approximate surface area is 130 Å². The number of aryl methyl sites for hydroxylation is 2. The van der Waals surface area contributed by atoms with Crippen LogP contribution in [0.3, 0.4) is 0 Å². The molecule has 1 aliphatic carbocycles. The van der Waals surface area contributed by atoms with Crippen LogP contribution in [0.2, 0.25) is 5.15 Å². The first-order valence-corrected chi connectivity index (χ1v) is 8.10. The van der Waals surface area contributed by atoms with Crippen LogP contribution in [0.15, 0.2) is 0 Å². The Morgan fingerprint density at radius 1 is 1.43 bits per heavy atom. The topological polar surface area (TPSA) is 67.2 Å². The minimum Gasteiger partial charge on any atom is -0.396 e. The van der Waals surface area contributed by atoms with Gasteiger partial charge >= 0.3 is 0 Å². The molecule has 2 N–H and O–H groups in total. The summed E-state index contributed by atoms with van der Waals surface area (Å²) < 4.78 is 1.63. The lowest BCUT2D eigenvalue weighted by Crippen LogP contribution is -2.41. The standard InChI is InChI=1S/C15H24ClN3O2/c1-3-19-14(16)13(10(2)18-19)15(21)17-12-8-6-4-5-7-11(12)9-20/h11-12,20H,3-9H2,1-2H3,(H,17,21). The van der Waals surface area contributed by atoms with Crippen LogP contribution in [0.4, 0.5) is 0 Å². The number of hydrogen-bond acceptors (Lipinski definition) is 3. The number of carbonyl (C=O) groups is 1. The highest BCUT2D eigenvalue weighted by Crippen LogP contribution is 2.25. The predicted molar refractivity (Wildman–Crippen MR) is 82.6 cm³/mol. The summed E-state index contributed by atoms with van der Waals surface area (Å²) in [6.45, 7) is 4.48. The third-order valence-electron chi connectivity index (χ3n) is 4.30. The number of amides is 1. The van der Waals surface area contributed by atoms with Crippen LogP contribution in [0.1, 0.15) is 55.1 Å². The Morgan fingerprint density at radius 3 is 2.76 bits per heavy atom. The van der Waals surface area contributed by atoms with Crippen LogP contribution < -0.4 is 5.32 Å². The largest absolute Gasteiger partial charge is 0.396 e. The Kier molecular flexibility index (Phi) is 5.65. The van der Waals surface area contributed by atoms with Crippen molar-refractivity contribution in [1.29, 1.82) is 0 Å². The summed E-state index contributed by atoms with van der Waals surface area (Å²) in [4.78, 5) is 12.5. The lowest BCUT2D eigenvalue weighted by molar-refractivity contribution is 0.0899. The fraction of sp³-hybridized carbons (Fsp3) is 0.733. The van der Waals surface area contributed by atoms with Crippen molar-refractivity contribution in [3.05, 3.63) is 16.4 Å². The van der Waals surface area contributed by atoms with E-state index in [4.69, 9.17) is 11.6 Å². The van der Waals surface area contributed by atoms with Gasteiger partial charge in [0.25, 0.3) is 5.91 Å². The molecule has 1 aromatic rings. The normalized spacial score (nSPS) is 22.9. The van der Waals surface area contributed by atoms with Crippen molar-refractivity contribution in [3.63, 3.8) is 0 Å². The van der Waals surface area contributed by atoms with Crippen molar-refractivity contribution in [1.82, 2.24) is 15.1 Å². The van der Waals surface area contributed by atoms with Crippen LogP contribution in [-0.2, 0) is 6.54 Å². The predicted octanol–water partition coefficient (Wildman–Crippen LogP) is 2.54. The van der Waals surface area contributed by atoms with Gasteiger partial charge in [0.2, 0.25) is 0 Å². The van der Waals surface area contributed by atoms with Gasteiger partial charge in [-0.1, -0.05) is 30.9 Å². The number of nitrogens with zero attached hydrogens (tertiary/aromatic N) is 2. The summed E-state index contributed by atoms with van der Waals surface area (Å²) in [6, 6.07) is 0.0189. The monoisotopic (exact) mass is 313 g/mol. The molecule has 1 saturated carbocycles. The summed E-state index contributed by atoms with van der Waals surface area (Å²) in [7, 11) is 0. The first kappa shape index (κ1) is 16.3. The number of carbonyl (C=O) groups excluding carboxylic acids is 1. The Morgan fingerprint density at radius 2 is 2.14 bits per heavy atom. The van der Waals surface area contributed by atoms with Crippen molar-refractivity contribution in [2.24, 2.45) is 5.92 Å². The number of aliphatic hydroxyl groups excluding tert-OH is 1. The van der Waals surface area contributed by atoms with Crippen LogP contribution in [-0.4, -0.2) is 33.4 Å². The van der Waals surface area contributed by atoms with E-state index in [1.807, 2.05) is 6.92 Å². The van der Waals surface area contributed by atoms with Crippen LogP contribution >= 0.6 is 11.6 Å². The second-order valence-electron chi connectivity index (χ2n) is 5.73. The average molecular weight is 314 g/mol. The van der Waals surface area contributed by atoms with E-state index >= 15 is 0 Å². The van der Waals surface area contributed by atoms with E-state index < -0.39 is 0 Å². The lowest BCUT2D eigenvalue weighted by Gasteiger charge is -2.24. The molecule has 0 radical (unpaired) electrons. The zero-order valence-electron chi connectivity index (χ0n) is 12.7. The highest BCUT2D eigenvalue weighted by Gasteiger charge is 2.27. The van der Waals surface area contributed by atoms with Gasteiger partial charge in [0, 0.05) is 25.1 Å². The van der Waals surface area contributed by atoms with Crippen molar-refractivity contribution in [2.75, 3.05) is 6.61 Å². The summed E-state index contributed by atoms with van der Waals surface area (Å²) in [6.07, 6.45) is 5.24. The molecule has 1 amide bonds. The van der Waals surface area contributed by atoms with Gasteiger partial charge in [0.1, 0.15) is 5.15 Å². The summed E-state index contributed by atoms with van der Waals surface area (Å²) in [5, 5.41) is 17.3. The fourth-order valence-electron chi connectivity index (χ4n) is 3.05. The smallest absolute Gasteiger partial charge is 0.256 e. The Hall–Kier alpha value is -1.07. The fourth-order valence-corrected chi connectivity index (χ4v) is 3.43. The van der Waals surface area contributed by atoms with Gasteiger partial charge in [0.05, 0.1) is 11.3 Å². The number of hydrogen-bond donors (Lipinski definition) is 2.